The second kappa shape index (κ2) is 18.1. The van der Waals surface area contributed by atoms with E-state index in [-0.39, 0.29) is 9.49 Å². The Bertz CT molecular complexity index is 3080. The molecule has 0 radical (unpaired) electrons. The number of rotatable bonds is 10. The molecule has 2 unspecified atom stereocenters. The zero-order valence-corrected chi connectivity index (χ0v) is 40.7. The summed E-state index contributed by atoms with van der Waals surface area (Å²) in [6.45, 7) is 5.07. The van der Waals surface area contributed by atoms with Gasteiger partial charge in [-0.05, 0) is 145 Å². The number of benzene rings is 8. The first-order chi connectivity index (χ1) is 34.0. The van der Waals surface area contributed by atoms with E-state index in [1.54, 1.807) is 11.1 Å². The first-order valence-electron chi connectivity index (χ1n) is 24.3. The van der Waals surface area contributed by atoms with Crippen molar-refractivity contribution in [3.8, 4) is 0 Å². The van der Waals surface area contributed by atoms with Crippen molar-refractivity contribution in [2.24, 2.45) is 0 Å². The highest BCUT2D eigenvalue weighted by atomic mass is 32.2. The number of allylic oxidation sites excluding steroid dienone is 4. The molecular formula is C67H52S2. The van der Waals surface area contributed by atoms with Crippen LogP contribution in [0.5, 0.6) is 0 Å². The van der Waals surface area contributed by atoms with Crippen LogP contribution < -0.4 is 0 Å². The largest absolute Gasteiger partial charge is 0.112 e. The number of hydrogen-bond donors (Lipinski definition) is 0. The Morgan fingerprint density at radius 3 is 0.783 bits per heavy atom. The van der Waals surface area contributed by atoms with E-state index in [1.807, 2.05) is 0 Å². The molecule has 0 bridgehead atoms. The van der Waals surface area contributed by atoms with Gasteiger partial charge in [-0.25, -0.2) is 0 Å². The van der Waals surface area contributed by atoms with Gasteiger partial charge in [0.15, 0.2) is 0 Å². The van der Waals surface area contributed by atoms with Crippen molar-refractivity contribution in [2.45, 2.75) is 42.6 Å². The van der Waals surface area contributed by atoms with E-state index in [1.165, 1.54) is 105 Å². The van der Waals surface area contributed by atoms with E-state index in [0.717, 1.165) is 12.8 Å². The minimum Gasteiger partial charge on any atom is -0.112 e. The summed E-state index contributed by atoms with van der Waals surface area (Å²) in [6.07, 6.45) is 8.65. The molecule has 0 saturated heterocycles. The summed E-state index contributed by atoms with van der Waals surface area (Å²) >= 11 is 4.16. The fourth-order valence-electron chi connectivity index (χ4n) is 11.3. The summed E-state index contributed by atoms with van der Waals surface area (Å²) in [4.78, 5) is 2.73. The molecule has 2 heteroatoms. The standard InChI is InChI=1S/C67H52S2/c1-66-58(44-60(68-66)46-36-40-54(41-37-46)64(52-30-17-7-18-31-52)62(48-22-9-3-10-23-48)49-24-11-4-12-25-49)56-34-21-35-57(56)59-45-61(69-67(59,66)2)47-38-42-55(43-39-47)65(53-32-19-8-20-33-53)63(50-26-13-5-14-27-50)51-28-15-6-16-29-51/h3-20,22-33,36-45H,21,34-35H2,1-2H3. The van der Waals surface area contributed by atoms with E-state index < -0.39 is 0 Å². The van der Waals surface area contributed by atoms with Gasteiger partial charge in [0.2, 0.25) is 0 Å². The van der Waals surface area contributed by atoms with Gasteiger partial charge in [-0.1, -0.05) is 231 Å². The predicted octanol–water partition coefficient (Wildman–Crippen LogP) is 17.9. The van der Waals surface area contributed by atoms with Crippen molar-refractivity contribution in [1.29, 1.82) is 0 Å². The van der Waals surface area contributed by atoms with Crippen LogP contribution in [0.3, 0.4) is 0 Å². The fraction of sp³-hybridized carbons (Fsp3) is 0.104. The van der Waals surface area contributed by atoms with Gasteiger partial charge in [-0.2, -0.15) is 0 Å². The summed E-state index contributed by atoms with van der Waals surface area (Å²) in [7, 11) is 0. The van der Waals surface area contributed by atoms with E-state index in [2.05, 4.69) is 280 Å². The average Bonchev–Trinajstić information content (AvgIpc) is 4.15. The summed E-state index contributed by atoms with van der Waals surface area (Å²) < 4.78 is -0.260. The van der Waals surface area contributed by atoms with Crippen molar-refractivity contribution in [3.05, 3.63) is 321 Å². The minimum atomic E-state index is -0.130. The summed E-state index contributed by atoms with van der Waals surface area (Å²) in [5.74, 6) is 0. The molecule has 8 aromatic carbocycles. The summed E-state index contributed by atoms with van der Waals surface area (Å²) in [6, 6.07) is 84.2. The van der Waals surface area contributed by atoms with Crippen LogP contribution in [-0.4, -0.2) is 9.49 Å². The first-order valence-corrected chi connectivity index (χ1v) is 25.9. The third kappa shape index (κ3) is 7.68. The molecule has 0 amide bonds. The lowest BCUT2D eigenvalue weighted by Crippen LogP contribution is -2.47. The Morgan fingerprint density at radius 1 is 0.304 bits per heavy atom. The Hall–Kier alpha value is -7.10. The van der Waals surface area contributed by atoms with Crippen LogP contribution >= 0.6 is 23.5 Å². The van der Waals surface area contributed by atoms with Gasteiger partial charge in [0.25, 0.3) is 0 Å². The molecule has 0 spiro atoms. The second-order valence-corrected chi connectivity index (χ2v) is 21.7. The van der Waals surface area contributed by atoms with Crippen molar-refractivity contribution in [1.82, 2.24) is 0 Å². The quantitative estimate of drug-likeness (QED) is 0.125. The van der Waals surface area contributed by atoms with Crippen LogP contribution in [0.4, 0.5) is 0 Å². The highest BCUT2D eigenvalue weighted by Crippen LogP contribution is 2.70. The number of thioether (sulfide) groups is 2. The zero-order valence-electron chi connectivity index (χ0n) is 39.0. The van der Waals surface area contributed by atoms with E-state index in [4.69, 9.17) is 0 Å². The summed E-state index contributed by atoms with van der Waals surface area (Å²) in [5, 5.41) is 0. The lowest BCUT2D eigenvalue weighted by atomic mass is 9.72. The van der Waals surface area contributed by atoms with E-state index >= 15 is 0 Å². The first kappa shape index (κ1) is 43.2. The van der Waals surface area contributed by atoms with Gasteiger partial charge >= 0.3 is 0 Å². The third-order valence-corrected chi connectivity index (χ3v) is 18.1. The monoisotopic (exact) mass is 920 g/mol. The van der Waals surface area contributed by atoms with Crippen molar-refractivity contribution in [2.75, 3.05) is 0 Å². The maximum atomic E-state index is 2.57. The molecule has 69 heavy (non-hydrogen) atoms. The van der Waals surface area contributed by atoms with Crippen molar-refractivity contribution >= 4 is 55.6 Å². The highest BCUT2D eigenvalue weighted by Gasteiger charge is 2.59. The van der Waals surface area contributed by atoms with Crippen LogP contribution in [0.15, 0.2) is 265 Å². The van der Waals surface area contributed by atoms with E-state index in [0.29, 0.717) is 0 Å². The van der Waals surface area contributed by atoms with Crippen LogP contribution in [0, 0.1) is 0 Å². The van der Waals surface area contributed by atoms with Gasteiger partial charge in [0, 0.05) is 9.81 Å². The van der Waals surface area contributed by atoms with Crippen LogP contribution in [0.1, 0.15) is 88.7 Å². The number of hydrogen-bond acceptors (Lipinski definition) is 2. The van der Waals surface area contributed by atoms with Gasteiger partial charge in [-0.3, -0.25) is 0 Å². The van der Waals surface area contributed by atoms with E-state index in [9.17, 15) is 0 Å². The van der Waals surface area contributed by atoms with Gasteiger partial charge < -0.3 is 0 Å². The van der Waals surface area contributed by atoms with Gasteiger partial charge in [0.1, 0.15) is 0 Å². The smallest absolute Gasteiger partial charge is 0.0618 e. The lowest BCUT2D eigenvalue weighted by Gasteiger charge is -2.47. The van der Waals surface area contributed by atoms with Gasteiger partial charge in [0.05, 0.1) is 9.49 Å². The highest BCUT2D eigenvalue weighted by molar-refractivity contribution is 8.14. The molecular weight excluding hydrogens is 869 g/mol. The molecule has 332 valence electrons. The Balaban J connectivity index is 0.892. The number of fused-ring (bicyclic) bond motifs is 4. The SMILES string of the molecule is CC12SC(c3ccc(C(=C(c4ccccc4)c4ccccc4)c4ccccc4)cc3)=CC1=C1CCCC1=C1C=C(c3ccc(C(=C(c4ccccc4)c4ccccc4)c4ccccc4)cc3)SC12C. The molecule has 2 atom stereocenters. The third-order valence-electron chi connectivity index (χ3n) is 14.8. The molecule has 4 aliphatic rings. The average molecular weight is 921 g/mol. The molecule has 2 aliphatic carbocycles. The molecule has 2 aliphatic heterocycles. The van der Waals surface area contributed by atoms with Crippen LogP contribution in [-0.2, 0) is 0 Å². The molecule has 0 N–H and O–H groups in total. The predicted molar refractivity (Wildman–Crippen MR) is 297 cm³/mol. The van der Waals surface area contributed by atoms with Crippen molar-refractivity contribution in [3.63, 3.8) is 0 Å². The molecule has 2 heterocycles. The molecule has 8 aromatic rings. The molecule has 1 saturated carbocycles. The summed E-state index contributed by atoms with van der Waals surface area (Å²) in [5.41, 5.74) is 23.5. The Kier molecular flexibility index (Phi) is 11.3. The second-order valence-electron chi connectivity index (χ2n) is 18.8. The topological polar surface area (TPSA) is 0 Å². The molecule has 12 rings (SSSR count). The fourth-order valence-corrected chi connectivity index (χ4v) is 14.5. The maximum Gasteiger partial charge on any atom is 0.0618 e. The van der Waals surface area contributed by atoms with Crippen molar-refractivity contribution < 1.29 is 0 Å². The Morgan fingerprint density at radius 2 is 0.536 bits per heavy atom. The maximum absolute atomic E-state index is 2.57. The Labute approximate surface area is 416 Å². The normalized spacial score (nSPS) is 19.0. The molecule has 0 nitrogen and oxygen atoms in total. The molecule has 0 aromatic heterocycles. The molecule has 1 fully saturated rings. The van der Waals surface area contributed by atoms with Gasteiger partial charge in [-0.15, -0.1) is 23.5 Å². The zero-order chi connectivity index (χ0) is 46.4. The minimum absolute atomic E-state index is 0.130. The lowest BCUT2D eigenvalue weighted by molar-refractivity contribution is 0.607. The van der Waals surface area contributed by atoms with Crippen LogP contribution in [0.2, 0.25) is 0 Å². The van der Waals surface area contributed by atoms with Crippen LogP contribution in [0.25, 0.3) is 32.1 Å².